The Morgan fingerprint density at radius 3 is 2.08 bits per heavy atom. The van der Waals surface area contributed by atoms with Gasteiger partial charge in [-0.1, -0.05) is 18.2 Å². The van der Waals surface area contributed by atoms with Gasteiger partial charge in [0.15, 0.2) is 0 Å². The molecule has 0 N–H and O–H groups in total. The molecule has 0 atom stereocenters. The topological polar surface area (TPSA) is 38.6 Å². The molecule has 0 amide bonds. The van der Waals surface area contributed by atoms with Gasteiger partial charge in [-0.05, 0) is 6.07 Å². The van der Waals surface area contributed by atoms with E-state index < -0.39 is 19.8 Å². The van der Waals surface area contributed by atoms with E-state index in [1.54, 1.807) is 0 Å². The van der Waals surface area contributed by atoms with E-state index in [2.05, 4.69) is 91.9 Å². The molecule has 0 fully saturated rings. The SMILES string of the molecule is CC1=Nc2ccccc2I1c1ccc(-c2ccc3oc4c(ccc5c6ccccc6oc54)c3c2)cc1. The third kappa shape index (κ3) is 2.88. The average molecular weight is 577 g/mol. The number of halogens is 1. The predicted octanol–water partition coefficient (Wildman–Crippen LogP) is 9.76. The molecule has 3 nitrogen and oxygen atoms in total. The average Bonchev–Trinajstić information content (AvgIpc) is 3.58. The molecule has 0 bridgehead atoms. The van der Waals surface area contributed by atoms with Crippen molar-refractivity contribution in [1.82, 2.24) is 0 Å². The maximum atomic E-state index is 6.32. The second-order valence-electron chi connectivity index (χ2n) is 9.08. The number of aliphatic imine (C=N–C) groups is 1. The van der Waals surface area contributed by atoms with E-state index >= 15 is 0 Å². The Balaban J connectivity index is 1.22. The molecule has 4 heteroatoms. The summed E-state index contributed by atoms with van der Waals surface area (Å²) in [6.07, 6.45) is 0. The van der Waals surface area contributed by atoms with E-state index in [0.717, 1.165) is 49.6 Å². The molecule has 36 heavy (non-hydrogen) atoms. The van der Waals surface area contributed by atoms with Crippen molar-refractivity contribution in [1.29, 1.82) is 0 Å². The van der Waals surface area contributed by atoms with Crippen molar-refractivity contribution in [3.05, 3.63) is 110 Å². The van der Waals surface area contributed by atoms with Crippen LogP contribution in [0.3, 0.4) is 0 Å². The Morgan fingerprint density at radius 2 is 1.25 bits per heavy atom. The van der Waals surface area contributed by atoms with E-state index in [1.165, 1.54) is 22.0 Å². The summed E-state index contributed by atoms with van der Waals surface area (Å²) in [4.78, 5) is 4.85. The number of hydrogen-bond acceptors (Lipinski definition) is 3. The van der Waals surface area contributed by atoms with Crippen molar-refractivity contribution in [2.45, 2.75) is 6.92 Å². The number of nitrogens with zero attached hydrogens (tertiary/aromatic N) is 1. The molecule has 7 aromatic rings. The molecule has 172 valence electrons. The van der Waals surface area contributed by atoms with Crippen molar-refractivity contribution >= 4 is 73.1 Å². The van der Waals surface area contributed by atoms with Crippen LogP contribution >= 0.6 is 19.8 Å². The van der Waals surface area contributed by atoms with Gasteiger partial charge in [0, 0.05) is 0 Å². The van der Waals surface area contributed by atoms with E-state index in [1.807, 2.05) is 18.2 Å². The summed E-state index contributed by atoms with van der Waals surface area (Å²) in [5.41, 5.74) is 6.93. The summed E-state index contributed by atoms with van der Waals surface area (Å²) in [6.45, 7) is 2.19. The summed E-state index contributed by atoms with van der Waals surface area (Å²) >= 11 is -1.63. The number of benzene rings is 5. The van der Waals surface area contributed by atoms with Crippen LogP contribution in [0.2, 0.25) is 0 Å². The normalized spacial score (nSPS) is 14.2. The summed E-state index contributed by atoms with van der Waals surface area (Å²) in [7, 11) is 0. The molecule has 1 aliphatic heterocycles. The summed E-state index contributed by atoms with van der Waals surface area (Å²) in [5.74, 6) is 0. The number of rotatable bonds is 2. The van der Waals surface area contributed by atoms with Crippen LogP contribution in [0.1, 0.15) is 6.92 Å². The van der Waals surface area contributed by atoms with Crippen LogP contribution in [-0.2, 0) is 0 Å². The maximum absolute atomic E-state index is 6.32. The van der Waals surface area contributed by atoms with Crippen molar-refractivity contribution < 1.29 is 8.83 Å². The minimum atomic E-state index is -1.63. The van der Waals surface area contributed by atoms with Crippen molar-refractivity contribution in [2.75, 3.05) is 0 Å². The summed E-state index contributed by atoms with van der Waals surface area (Å²) in [6, 6.07) is 36.6. The Bertz CT molecular complexity index is 2010. The minimum absolute atomic E-state index is 0.813. The molecule has 8 rings (SSSR count). The van der Waals surface area contributed by atoms with Gasteiger partial charge in [-0.3, -0.25) is 0 Å². The van der Waals surface area contributed by atoms with Gasteiger partial charge in [0.2, 0.25) is 0 Å². The van der Waals surface area contributed by atoms with Gasteiger partial charge in [0.1, 0.15) is 0 Å². The molecular formula is C32H20INO2. The number of furan rings is 2. The van der Waals surface area contributed by atoms with Crippen LogP contribution in [0, 0.1) is 7.14 Å². The first kappa shape index (κ1) is 20.3. The monoisotopic (exact) mass is 577 g/mol. The van der Waals surface area contributed by atoms with Gasteiger partial charge in [0.05, 0.1) is 0 Å². The van der Waals surface area contributed by atoms with Crippen LogP contribution < -0.4 is 0 Å². The Labute approximate surface area is 214 Å². The number of para-hydroxylation sites is 2. The van der Waals surface area contributed by atoms with Crippen LogP contribution in [0.5, 0.6) is 0 Å². The van der Waals surface area contributed by atoms with Crippen LogP contribution in [0.25, 0.3) is 55.0 Å². The van der Waals surface area contributed by atoms with E-state index in [9.17, 15) is 0 Å². The third-order valence-electron chi connectivity index (χ3n) is 6.98. The molecule has 0 unspecified atom stereocenters. The molecule has 0 radical (unpaired) electrons. The molecule has 5 aromatic carbocycles. The fourth-order valence-electron chi connectivity index (χ4n) is 5.30. The first-order chi connectivity index (χ1) is 17.7. The molecule has 0 aliphatic carbocycles. The standard InChI is InChI=1S/C32H20INO2/c1-19-33(27-7-3-4-8-28(27)34-19)22-13-10-20(11-14-22)21-12-17-30-26(18-21)25-16-15-24-23-6-2-5-9-29(23)35-31(24)32(25)36-30/h2-18H,1H3. The summed E-state index contributed by atoms with van der Waals surface area (Å²) < 4.78 is 16.7. The molecule has 0 saturated carbocycles. The third-order valence-corrected chi connectivity index (χ3v) is 12.8. The van der Waals surface area contributed by atoms with Crippen molar-refractivity contribution in [3.63, 3.8) is 0 Å². The van der Waals surface area contributed by atoms with Crippen LogP contribution in [-0.4, -0.2) is 3.72 Å². The van der Waals surface area contributed by atoms with Crippen molar-refractivity contribution in [3.8, 4) is 11.1 Å². The van der Waals surface area contributed by atoms with E-state index in [4.69, 9.17) is 13.8 Å². The summed E-state index contributed by atoms with van der Waals surface area (Å²) in [5, 5.41) is 4.39. The molecule has 3 heterocycles. The van der Waals surface area contributed by atoms with Crippen LogP contribution in [0.4, 0.5) is 5.69 Å². The first-order valence-corrected chi connectivity index (χ1v) is 15.2. The number of fused-ring (bicyclic) bond motifs is 8. The van der Waals surface area contributed by atoms with Crippen LogP contribution in [0.15, 0.2) is 117 Å². The molecular weight excluding hydrogens is 557 g/mol. The van der Waals surface area contributed by atoms with Gasteiger partial charge in [-0.15, -0.1) is 0 Å². The fourth-order valence-corrected chi connectivity index (χ4v) is 10.7. The zero-order valence-electron chi connectivity index (χ0n) is 19.5. The van der Waals surface area contributed by atoms with E-state index in [-0.39, 0.29) is 0 Å². The second-order valence-corrected chi connectivity index (χ2v) is 14.7. The first-order valence-electron chi connectivity index (χ1n) is 12.0. The predicted molar refractivity (Wildman–Crippen MR) is 157 cm³/mol. The number of hydrogen-bond donors (Lipinski definition) is 0. The van der Waals surface area contributed by atoms with Gasteiger partial charge in [-0.25, -0.2) is 0 Å². The molecule has 1 aliphatic rings. The Morgan fingerprint density at radius 1 is 0.583 bits per heavy atom. The quantitative estimate of drug-likeness (QED) is 0.192. The van der Waals surface area contributed by atoms with Gasteiger partial charge in [0.25, 0.3) is 0 Å². The zero-order chi connectivity index (χ0) is 23.8. The molecule has 2 aromatic heterocycles. The van der Waals surface area contributed by atoms with Crippen molar-refractivity contribution in [2.24, 2.45) is 4.99 Å². The van der Waals surface area contributed by atoms with E-state index in [0.29, 0.717) is 0 Å². The van der Waals surface area contributed by atoms with Gasteiger partial charge < -0.3 is 0 Å². The second kappa shape index (κ2) is 7.55. The Hall–Kier alpha value is -3.90. The fraction of sp³-hybridized carbons (Fsp3) is 0.0312. The van der Waals surface area contributed by atoms with Gasteiger partial charge >= 0.3 is 191 Å². The van der Waals surface area contributed by atoms with Gasteiger partial charge in [-0.2, -0.15) is 0 Å². The zero-order valence-corrected chi connectivity index (χ0v) is 21.6. The molecule has 0 spiro atoms. The molecule has 0 saturated heterocycles. The Kier molecular flexibility index (Phi) is 4.26.